The van der Waals surface area contributed by atoms with Crippen LogP contribution in [0, 0.1) is 11.8 Å². The summed E-state index contributed by atoms with van der Waals surface area (Å²) in [7, 11) is 0. The van der Waals surface area contributed by atoms with Crippen molar-refractivity contribution in [2.24, 2.45) is 17.6 Å². The SMILES string of the molecule is CCCOC(=O)CCc1ccc(C(=O)C2CCC(CN)CC2)cc1. The number of nitrogens with two attached hydrogens (primary N) is 1. The Morgan fingerprint density at radius 3 is 2.38 bits per heavy atom. The average molecular weight is 331 g/mol. The van der Waals surface area contributed by atoms with E-state index in [1.54, 1.807) is 0 Å². The first-order chi connectivity index (χ1) is 11.6. The number of benzene rings is 1. The smallest absolute Gasteiger partial charge is 0.306 e. The number of hydrogen-bond donors (Lipinski definition) is 1. The second kappa shape index (κ2) is 9.58. The summed E-state index contributed by atoms with van der Waals surface area (Å²) in [4.78, 5) is 24.1. The van der Waals surface area contributed by atoms with Crippen molar-refractivity contribution < 1.29 is 14.3 Å². The molecule has 1 aromatic carbocycles. The molecule has 0 unspecified atom stereocenters. The van der Waals surface area contributed by atoms with Gasteiger partial charge in [-0.1, -0.05) is 31.2 Å². The molecule has 0 spiro atoms. The third-order valence-electron chi connectivity index (χ3n) is 4.87. The van der Waals surface area contributed by atoms with Gasteiger partial charge in [0.2, 0.25) is 0 Å². The number of ether oxygens (including phenoxy) is 1. The Hall–Kier alpha value is -1.68. The fourth-order valence-electron chi connectivity index (χ4n) is 3.27. The topological polar surface area (TPSA) is 69.4 Å². The van der Waals surface area contributed by atoms with Crippen molar-refractivity contribution in [1.82, 2.24) is 0 Å². The van der Waals surface area contributed by atoms with Crippen LogP contribution in [0.1, 0.15) is 61.4 Å². The molecule has 0 heterocycles. The van der Waals surface area contributed by atoms with Crippen molar-refractivity contribution in [1.29, 1.82) is 0 Å². The van der Waals surface area contributed by atoms with Crippen LogP contribution in [-0.4, -0.2) is 24.9 Å². The quantitative estimate of drug-likeness (QED) is 0.584. The molecule has 132 valence electrons. The van der Waals surface area contributed by atoms with E-state index in [9.17, 15) is 9.59 Å². The first-order valence-electron chi connectivity index (χ1n) is 9.12. The van der Waals surface area contributed by atoms with E-state index in [2.05, 4.69) is 0 Å². The van der Waals surface area contributed by atoms with Gasteiger partial charge in [0.05, 0.1) is 6.61 Å². The lowest BCUT2D eigenvalue weighted by Crippen LogP contribution is -2.25. The van der Waals surface area contributed by atoms with Gasteiger partial charge >= 0.3 is 5.97 Å². The number of hydrogen-bond acceptors (Lipinski definition) is 4. The van der Waals surface area contributed by atoms with Gasteiger partial charge in [-0.15, -0.1) is 0 Å². The molecule has 0 bridgehead atoms. The van der Waals surface area contributed by atoms with Gasteiger partial charge in [-0.25, -0.2) is 0 Å². The first-order valence-corrected chi connectivity index (χ1v) is 9.12. The molecule has 4 heteroatoms. The largest absolute Gasteiger partial charge is 0.466 e. The van der Waals surface area contributed by atoms with Crippen LogP contribution in [0.4, 0.5) is 0 Å². The van der Waals surface area contributed by atoms with Crippen molar-refractivity contribution >= 4 is 11.8 Å². The van der Waals surface area contributed by atoms with Crippen LogP contribution in [0.25, 0.3) is 0 Å². The van der Waals surface area contributed by atoms with Gasteiger partial charge < -0.3 is 10.5 Å². The van der Waals surface area contributed by atoms with Crippen LogP contribution < -0.4 is 5.73 Å². The molecule has 1 aromatic rings. The number of ketones is 1. The van der Waals surface area contributed by atoms with Gasteiger partial charge in [0.15, 0.2) is 5.78 Å². The lowest BCUT2D eigenvalue weighted by Gasteiger charge is -2.26. The predicted octanol–water partition coefficient (Wildman–Crippen LogP) is 3.52. The highest BCUT2D eigenvalue weighted by atomic mass is 16.5. The minimum atomic E-state index is -0.159. The van der Waals surface area contributed by atoms with Crippen molar-refractivity contribution in [2.75, 3.05) is 13.2 Å². The highest BCUT2D eigenvalue weighted by molar-refractivity contribution is 5.97. The Bertz CT molecular complexity index is 530. The Kier molecular flexibility index (Phi) is 7.44. The molecule has 1 saturated carbocycles. The van der Waals surface area contributed by atoms with Crippen LogP contribution in [0.15, 0.2) is 24.3 Å². The van der Waals surface area contributed by atoms with E-state index in [0.29, 0.717) is 25.4 Å². The maximum atomic E-state index is 12.6. The maximum Gasteiger partial charge on any atom is 0.306 e. The highest BCUT2D eigenvalue weighted by Gasteiger charge is 2.26. The van der Waals surface area contributed by atoms with Gasteiger partial charge in [-0.2, -0.15) is 0 Å². The molecule has 24 heavy (non-hydrogen) atoms. The summed E-state index contributed by atoms with van der Waals surface area (Å²) < 4.78 is 5.07. The Balaban J connectivity index is 1.83. The second-order valence-electron chi connectivity index (χ2n) is 6.73. The third-order valence-corrected chi connectivity index (χ3v) is 4.87. The molecule has 0 amide bonds. The summed E-state index contributed by atoms with van der Waals surface area (Å²) in [5, 5.41) is 0. The van der Waals surface area contributed by atoms with Crippen LogP contribution in [-0.2, 0) is 16.0 Å². The lowest BCUT2D eigenvalue weighted by molar-refractivity contribution is -0.143. The van der Waals surface area contributed by atoms with Crippen molar-refractivity contribution in [3.05, 3.63) is 35.4 Å². The van der Waals surface area contributed by atoms with Crippen molar-refractivity contribution in [2.45, 2.75) is 51.9 Å². The summed E-state index contributed by atoms with van der Waals surface area (Å²) in [5.41, 5.74) is 7.55. The van der Waals surface area contributed by atoms with Gasteiger partial charge in [-0.05, 0) is 56.6 Å². The molecule has 0 atom stereocenters. The predicted molar refractivity (Wildman–Crippen MR) is 94.8 cm³/mol. The summed E-state index contributed by atoms with van der Waals surface area (Å²) in [6.45, 7) is 3.19. The van der Waals surface area contributed by atoms with Crippen LogP contribution >= 0.6 is 0 Å². The Labute approximate surface area is 144 Å². The highest BCUT2D eigenvalue weighted by Crippen LogP contribution is 2.30. The number of Topliss-reactive ketones (excluding diaryl/α,β-unsaturated/α-hetero) is 1. The van der Waals surface area contributed by atoms with E-state index in [0.717, 1.165) is 49.8 Å². The summed E-state index contributed by atoms with van der Waals surface area (Å²) in [6.07, 6.45) is 5.90. The van der Waals surface area contributed by atoms with E-state index in [-0.39, 0.29) is 17.7 Å². The van der Waals surface area contributed by atoms with Gasteiger partial charge in [0.25, 0.3) is 0 Å². The lowest BCUT2D eigenvalue weighted by atomic mass is 9.78. The Morgan fingerprint density at radius 2 is 1.79 bits per heavy atom. The van der Waals surface area contributed by atoms with Crippen LogP contribution in [0.3, 0.4) is 0 Å². The molecule has 4 nitrogen and oxygen atoms in total. The molecule has 0 saturated heterocycles. The fraction of sp³-hybridized carbons (Fsp3) is 0.600. The number of carbonyl (C=O) groups excluding carboxylic acids is 2. The molecule has 0 radical (unpaired) electrons. The summed E-state index contributed by atoms with van der Waals surface area (Å²) in [6, 6.07) is 7.69. The molecular weight excluding hydrogens is 302 g/mol. The van der Waals surface area contributed by atoms with Gasteiger partial charge in [0, 0.05) is 17.9 Å². The van der Waals surface area contributed by atoms with Crippen LogP contribution in [0.5, 0.6) is 0 Å². The van der Waals surface area contributed by atoms with Crippen molar-refractivity contribution in [3.63, 3.8) is 0 Å². The van der Waals surface area contributed by atoms with Gasteiger partial charge in [-0.3, -0.25) is 9.59 Å². The monoisotopic (exact) mass is 331 g/mol. The maximum absolute atomic E-state index is 12.6. The van der Waals surface area contributed by atoms with E-state index < -0.39 is 0 Å². The molecule has 2 rings (SSSR count). The zero-order valence-electron chi connectivity index (χ0n) is 14.6. The third kappa shape index (κ3) is 5.45. The minimum Gasteiger partial charge on any atom is -0.466 e. The van der Waals surface area contributed by atoms with E-state index in [4.69, 9.17) is 10.5 Å². The normalized spacial score (nSPS) is 20.6. The zero-order valence-corrected chi connectivity index (χ0v) is 14.6. The standard InChI is InChI=1S/C20H29NO3/c1-2-13-24-19(22)12-7-15-3-8-17(9-4-15)20(23)18-10-5-16(14-21)6-11-18/h3-4,8-9,16,18H,2,5-7,10-14,21H2,1H3. The van der Waals surface area contributed by atoms with E-state index in [1.165, 1.54) is 0 Å². The van der Waals surface area contributed by atoms with Crippen molar-refractivity contribution in [3.8, 4) is 0 Å². The molecule has 0 aromatic heterocycles. The number of aryl methyl sites for hydroxylation is 1. The number of esters is 1. The summed E-state index contributed by atoms with van der Waals surface area (Å²) in [5.74, 6) is 0.819. The molecular formula is C20H29NO3. The van der Waals surface area contributed by atoms with Gasteiger partial charge in [0.1, 0.15) is 0 Å². The fourth-order valence-corrected chi connectivity index (χ4v) is 3.27. The molecule has 0 aliphatic heterocycles. The number of rotatable bonds is 8. The average Bonchev–Trinajstić information content (AvgIpc) is 2.64. The van der Waals surface area contributed by atoms with E-state index >= 15 is 0 Å². The summed E-state index contributed by atoms with van der Waals surface area (Å²) >= 11 is 0. The molecule has 1 fully saturated rings. The van der Waals surface area contributed by atoms with E-state index in [1.807, 2.05) is 31.2 Å². The zero-order chi connectivity index (χ0) is 17.4. The second-order valence-corrected chi connectivity index (χ2v) is 6.73. The molecule has 2 N–H and O–H groups in total. The number of carbonyl (C=O) groups is 2. The van der Waals surface area contributed by atoms with Crippen LogP contribution in [0.2, 0.25) is 0 Å². The first kappa shape index (κ1) is 18.7. The minimum absolute atomic E-state index is 0.141. The molecule has 1 aliphatic carbocycles. The Morgan fingerprint density at radius 1 is 1.12 bits per heavy atom. The molecule has 1 aliphatic rings.